The molecule has 4 heterocycles. The Morgan fingerprint density at radius 1 is 0.333 bits per heavy atom. The van der Waals surface area contributed by atoms with Crippen LogP contribution in [0.2, 0.25) is 0 Å². The van der Waals surface area contributed by atoms with E-state index in [9.17, 15) is 0 Å². The molecule has 1 aliphatic rings. The van der Waals surface area contributed by atoms with Crippen molar-refractivity contribution in [3.8, 4) is 67.8 Å². The highest BCUT2D eigenvalue weighted by Gasteiger charge is 2.27. The summed E-state index contributed by atoms with van der Waals surface area (Å²) < 4.78 is 4.89. The maximum absolute atomic E-state index is 5.27. The highest BCUT2D eigenvalue weighted by molar-refractivity contribution is 7.99. The molecule has 63 heavy (non-hydrogen) atoms. The summed E-state index contributed by atoms with van der Waals surface area (Å²) in [6, 6.07) is 75.4. The minimum Gasteiger partial charge on any atom is -0.295 e. The standard InChI is InChI=1S/C57H35N5S/c1-3-14-36(15-4-1)37-26-28-39(29-27-37)54-58-55(60-56(59-54)45-35-34-42(38-16-5-2-6-17-38)43-18-7-8-19-44(43)45)40-30-32-41(33-31-40)61-48-22-10-9-20-46(48)52-47-21-13-25-51-53(47)62(57(52)61)49-23-11-12-24-50(49)63-51/h1-35H. The molecule has 0 bridgehead atoms. The Morgan fingerprint density at radius 2 is 0.857 bits per heavy atom. The molecule has 3 aromatic heterocycles. The summed E-state index contributed by atoms with van der Waals surface area (Å²) in [5, 5.41) is 6.00. The summed E-state index contributed by atoms with van der Waals surface area (Å²) in [4.78, 5) is 18.2. The third-order valence-corrected chi connectivity index (χ3v) is 13.5. The summed E-state index contributed by atoms with van der Waals surface area (Å²) >= 11 is 1.85. The molecule has 0 aliphatic carbocycles. The van der Waals surface area contributed by atoms with Crippen LogP contribution in [0, 0.1) is 0 Å². The van der Waals surface area contributed by atoms with E-state index in [0.29, 0.717) is 17.5 Å². The highest BCUT2D eigenvalue weighted by Crippen LogP contribution is 2.49. The Labute approximate surface area is 367 Å². The second kappa shape index (κ2) is 14.3. The van der Waals surface area contributed by atoms with Gasteiger partial charge in [0.2, 0.25) is 0 Å². The topological polar surface area (TPSA) is 48.5 Å². The second-order valence-electron chi connectivity index (χ2n) is 16.0. The monoisotopic (exact) mass is 821 g/mol. The molecule has 0 spiro atoms. The smallest absolute Gasteiger partial charge is 0.164 e. The van der Waals surface area contributed by atoms with Crippen LogP contribution in [0.15, 0.2) is 222 Å². The van der Waals surface area contributed by atoms with Crippen molar-refractivity contribution in [2.24, 2.45) is 0 Å². The summed E-state index contributed by atoms with van der Waals surface area (Å²) in [6.45, 7) is 0. The summed E-state index contributed by atoms with van der Waals surface area (Å²) in [5.41, 5.74) is 13.3. The van der Waals surface area contributed by atoms with Crippen molar-refractivity contribution >= 4 is 55.4 Å². The number of aromatic nitrogens is 5. The predicted molar refractivity (Wildman–Crippen MR) is 260 cm³/mol. The van der Waals surface area contributed by atoms with Crippen LogP contribution in [-0.2, 0) is 0 Å². The van der Waals surface area contributed by atoms with Crippen molar-refractivity contribution in [3.05, 3.63) is 212 Å². The molecule has 0 fully saturated rings. The van der Waals surface area contributed by atoms with E-state index in [1.165, 1.54) is 53.8 Å². The Morgan fingerprint density at radius 3 is 1.60 bits per heavy atom. The van der Waals surface area contributed by atoms with Gasteiger partial charge in [-0.15, -0.1) is 0 Å². The van der Waals surface area contributed by atoms with E-state index in [-0.39, 0.29) is 0 Å². The van der Waals surface area contributed by atoms with Crippen molar-refractivity contribution in [2.75, 3.05) is 0 Å². The summed E-state index contributed by atoms with van der Waals surface area (Å²) in [6.07, 6.45) is 0. The van der Waals surface area contributed by atoms with Gasteiger partial charge in [0.15, 0.2) is 17.5 Å². The number of hydrogen-bond acceptors (Lipinski definition) is 4. The van der Waals surface area contributed by atoms with Crippen LogP contribution >= 0.6 is 11.8 Å². The van der Waals surface area contributed by atoms with E-state index in [1.54, 1.807) is 0 Å². The normalized spacial score (nSPS) is 12.1. The zero-order valence-corrected chi connectivity index (χ0v) is 34.7. The molecule has 0 saturated carbocycles. The first kappa shape index (κ1) is 35.7. The fourth-order valence-electron chi connectivity index (χ4n) is 9.51. The average molecular weight is 822 g/mol. The molecule has 6 heteroatoms. The lowest BCUT2D eigenvalue weighted by atomic mass is 9.94. The quantitative estimate of drug-likeness (QED) is 0.168. The molecule has 9 aromatic carbocycles. The molecule has 5 nitrogen and oxygen atoms in total. The number of rotatable bonds is 6. The molecule has 0 atom stereocenters. The van der Waals surface area contributed by atoms with Crippen molar-refractivity contribution in [1.82, 2.24) is 24.1 Å². The van der Waals surface area contributed by atoms with Gasteiger partial charge in [-0.05, 0) is 87.6 Å². The van der Waals surface area contributed by atoms with E-state index < -0.39 is 0 Å². The molecular weight excluding hydrogens is 787 g/mol. The SMILES string of the molecule is c1ccc(-c2ccc(-c3nc(-c4ccc(-n5c6ccccc6c6c7cccc8c7n(c65)-c5ccccc5S8)cc4)nc(-c4ccc(-c5ccccc5)c5ccccc45)n3)cc2)cc1. The Hall–Kier alpha value is -8.06. The Kier molecular flexibility index (Phi) is 8.08. The van der Waals surface area contributed by atoms with Crippen LogP contribution in [0.5, 0.6) is 0 Å². The van der Waals surface area contributed by atoms with E-state index in [0.717, 1.165) is 49.9 Å². The maximum atomic E-state index is 5.27. The third kappa shape index (κ3) is 5.69. The first-order valence-corrected chi connectivity index (χ1v) is 22.0. The number of fused-ring (bicyclic) bond motifs is 8. The first-order chi connectivity index (χ1) is 31.2. The van der Waals surface area contributed by atoms with Gasteiger partial charge in [-0.3, -0.25) is 9.13 Å². The van der Waals surface area contributed by atoms with Crippen LogP contribution < -0.4 is 0 Å². The van der Waals surface area contributed by atoms with Crippen LogP contribution in [0.4, 0.5) is 0 Å². The molecule has 0 unspecified atom stereocenters. The molecule has 0 saturated heterocycles. The third-order valence-electron chi connectivity index (χ3n) is 12.4. The Bertz CT molecular complexity index is 3740. The van der Waals surface area contributed by atoms with Crippen LogP contribution in [0.25, 0.3) is 111 Å². The number of nitrogens with zero attached hydrogens (tertiary/aromatic N) is 5. The van der Waals surface area contributed by atoms with E-state index in [2.05, 4.69) is 215 Å². The van der Waals surface area contributed by atoms with Gasteiger partial charge in [0, 0.05) is 48.3 Å². The largest absolute Gasteiger partial charge is 0.295 e. The fraction of sp³-hybridized carbons (Fsp3) is 0. The number of hydrogen-bond donors (Lipinski definition) is 0. The van der Waals surface area contributed by atoms with Gasteiger partial charge in [0.25, 0.3) is 0 Å². The second-order valence-corrected chi connectivity index (χ2v) is 17.1. The van der Waals surface area contributed by atoms with Crippen LogP contribution in [0.1, 0.15) is 0 Å². The van der Waals surface area contributed by atoms with Crippen molar-refractivity contribution in [1.29, 1.82) is 0 Å². The van der Waals surface area contributed by atoms with Gasteiger partial charge < -0.3 is 0 Å². The van der Waals surface area contributed by atoms with Crippen molar-refractivity contribution in [3.63, 3.8) is 0 Å². The molecule has 0 radical (unpaired) electrons. The molecule has 12 aromatic rings. The molecular formula is C57H35N5S. The maximum Gasteiger partial charge on any atom is 0.164 e. The lowest BCUT2D eigenvalue weighted by Gasteiger charge is -2.21. The van der Waals surface area contributed by atoms with Crippen molar-refractivity contribution < 1.29 is 0 Å². The Balaban J connectivity index is 0.989. The van der Waals surface area contributed by atoms with E-state index in [1.807, 2.05) is 17.8 Å². The minimum absolute atomic E-state index is 0.617. The molecule has 13 rings (SSSR count). The molecule has 1 aliphatic heterocycles. The van der Waals surface area contributed by atoms with E-state index in [4.69, 9.17) is 15.0 Å². The van der Waals surface area contributed by atoms with Gasteiger partial charge in [-0.1, -0.05) is 169 Å². The summed E-state index contributed by atoms with van der Waals surface area (Å²) in [7, 11) is 0. The predicted octanol–water partition coefficient (Wildman–Crippen LogP) is 14.9. The number of benzene rings is 9. The van der Waals surface area contributed by atoms with Crippen LogP contribution in [-0.4, -0.2) is 24.1 Å². The van der Waals surface area contributed by atoms with Gasteiger partial charge in [-0.2, -0.15) is 0 Å². The average Bonchev–Trinajstić information content (AvgIpc) is 3.88. The zero-order valence-electron chi connectivity index (χ0n) is 33.9. The van der Waals surface area contributed by atoms with Gasteiger partial charge in [0.05, 0.1) is 16.7 Å². The summed E-state index contributed by atoms with van der Waals surface area (Å²) in [5.74, 6) is 1.87. The van der Waals surface area contributed by atoms with Crippen LogP contribution in [0.3, 0.4) is 0 Å². The molecule has 294 valence electrons. The molecule has 0 amide bonds. The van der Waals surface area contributed by atoms with Crippen molar-refractivity contribution in [2.45, 2.75) is 9.79 Å². The zero-order chi connectivity index (χ0) is 41.4. The van der Waals surface area contributed by atoms with Gasteiger partial charge in [-0.25, -0.2) is 15.0 Å². The lowest BCUT2D eigenvalue weighted by Crippen LogP contribution is -2.05. The van der Waals surface area contributed by atoms with E-state index >= 15 is 0 Å². The highest BCUT2D eigenvalue weighted by atomic mass is 32.2. The van der Waals surface area contributed by atoms with Gasteiger partial charge in [0.1, 0.15) is 5.65 Å². The number of para-hydroxylation sites is 3. The lowest BCUT2D eigenvalue weighted by molar-refractivity contribution is 1.03. The fourth-order valence-corrected chi connectivity index (χ4v) is 10.6. The minimum atomic E-state index is 0.617. The van der Waals surface area contributed by atoms with Gasteiger partial charge >= 0.3 is 0 Å². The first-order valence-electron chi connectivity index (χ1n) is 21.2. The molecule has 0 N–H and O–H groups in total.